The summed E-state index contributed by atoms with van der Waals surface area (Å²) in [5, 5.41) is 6.88. The van der Waals surface area contributed by atoms with Gasteiger partial charge in [0.25, 0.3) is 5.91 Å². The summed E-state index contributed by atoms with van der Waals surface area (Å²) in [6.45, 7) is 5.18. The maximum Gasteiger partial charge on any atom is 0.321 e. The number of ether oxygens (including phenoxy) is 1. The molecule has 0 saturated carbocycles. The van der Waals surface area contributed by atoms with Gasteiger partial charge < -0.3 is 20.3 Å². The Bertz CT molecular complexity index is 874. The molecule has 0 radical (unpaired) electrons. The standard InChI is InChI=1S/C19H22N4O3S/c1-11-10-20-18(27-11)13-5-7-23(8-6-13)19(25)21-14-3-4-16-15(9-14)22-17(24)12(2)26-16/h3-4,9-10,12-13H,5-8H2,1-2H3,(H,21,25)(H,22,24). The molecule has 4 rings (SSSR count). The average Bonchev–Trinajstić information content (AvgIpc) is 3.09. The van der Waals surface area contributed by atoms with Crippen LogP contribution in [0.1, 0.15) is 35.6 Å². The summed E-state index contributed by atoms with van der Waals surface area (Å²) in [7, 11) is 0. The van der Waals surface area contributed by atoms with Gasteiger partial charge in [-0.2, -0.15) is 0 Å². The second kappa shape index (κ2) is 7.19. The van der Waals surface area contributed by atoms with Gasteiger partial charge in [-0.15, -0.1) is 11.3 Å². The molecule has 3 heterocycles. The number of likely N-dealkylation sites (tertiary alicyclic amines) is 1. The van der Waals surface area contributed by atoms with E-state index in [0.717, 1.165) is 12.8 Å². The second-order valence-electron chi connectivity index (χ2n) is 6.96. The van der Waals surface area contributed by atoms with Gasteiger partial charge in [-0.1, -0.05) is 0 Å². The first kappa shape index (κ1) is 17.8. The third-order valence-electron chi connectivity index (χ3n) is 4.93. The Hall–Kier alpha value is -2.61. The minimum absolute atomic E-state index is 0.125. The summed E-state index contributed by atoms with van der Waals surface area (Å²) >= 11 is 1.74. The number of thiazole rings is 1. The first-order chi connectivity index (χ1) is 13.0. The Morgan fingerprint density at radius 3 is 2.85 bits per heavy atom. The highest BCUT2D eigenvalue weighted by molar-refractivity contribution is 7.11. The molecule has 0 spiro atoms. The van der Waals surface area contributed by atoms with E-state index in [1.807, 2.05) is 11.1 Å². The number of fused-ring (bicyclic) bond motifs is 1. The predicted molar refractivity (Wildman–Crippen MR) is 105 cm³/mol. The van der Waals surface area contributed by atoms with Crippen LogP contribution >= 0.6 is 11.3 Å². The molecule has 1 unspecified atom stereocenters. The monoisotopic (exact) mass is 386 g/mol. The van der Waals surface area contributed by atoms with E-state index >= 15 is 0 Å². The lowest BCUT2D eigenvalue weighted by Gasteiger charge is -2.31. The van der Waals surface area contributed by atoms with Crippen LogP contribution in [0.2, 0.25) is 0 Å². The van der Waals surface area contributed by atoms with E-state index in [9.17, 15) is 9.59 Å². The van der Waals surface area contributed by atoms with Crippen LogP contribution in [0.3, 0.4) is 0 Å². The topological polar surface area (TPSA) is 83.6 Å². The Morgan fingerprint density at radius 2 is 2.15 bits per heavy atom. The van der Waals surface area contributed by atoms with Crippen molar-refractivity contribution < 1.29 is 14.3 Å². The Kier molecular flexibility index (Phi) is 4.73. The number of nitrogens with one attached hydrogen (secondary N) is 2. The van der Waals surface area contributed by atoms with E-state index in [-0.39, 0.29) is 11.9 Å². The molecule has 1 fully saturated rings. The molecule has 1 saturated heterocycles. The van der Waals surface area contributed by atoms with Crippen molar-refractivity contribution in [3.05, 3.63) is 34.3 Å². The highest BCUT2D eigenvalue weighted by Gasteiger charge is 2.27. The van der Waals surface area contributed by atoms with Gasteiger partial charge in [-0.3, -0.25) is 4.79 Å². The molecule has 2 aliphatic rings. The number of benzene rings is 1. The molecule has 3 amide bonds. The predicted octanol–water partition coefficient (Wildman–Crippen LogP) is 3.58. The van der Waals surface area contributed by atoms with Crippen LogP contribution in [0, 0.1) is 6.92 Å². The van der Waals surface area contributed by atoms with Gasteiger partial charge in [-0.25, -0.2) is 9.78 Å². The minimum Gasteiger partial charge on any atom is -0.479 e. The second-order valence-corrected chi connectivity index (χ2v) is 8.23. The van der Waals surface area contributed by atoms with Gasteiger partial charge in [0.2, 0.25) is 0 Å². The lowest BCUT2D eigenvalue weighted by molar-refractivity contribution is -0.122. The molecule has 2 aromatic rings. The number of rotatable bonds is 2. The smallest absolute Gasteiger partial charge is 0.321 e. The van der Waals surface area contributed by atoms with Crippen molar-refractivity contribution in [1.82, 2.24) is 9.88 Å². The van der Waals surface area contributed by atoms with E-state index in [4.69, 9.17) is 4.74 Å². The summed E-state index contributed by atoms with van der Waals surface area (Å²) in [4.78, 5) is 31.9. The number of hydrogen-bond acceptors (Lipinski definition) is 5. The lowest BCUT2D eigenvalue weighted by Crippen LogP contribution is -2.40. The number of aryl methyl sites for hydroxylation is 1. The highest BCUT2D eigenvalue weighted by Crippen LogP contribution is 2.33. The Morgan fingerprint density at radius 1 is 1.37 bits per heavy atom. The van der Waals surface area contributed by atoms with Crippen LogP contribution < -0.4 is 15.4 Å². The average molecular weight is 386 g/mol. The van der Waals surface area contributed by atoms with Crippen LogP contribution in [0.25, 0.3) is 0 Å². The number of urea groups is 1. The number of aromatic nitrogens is 1. The quantitative estimate of drug-likeness (QED) is 0.826. The zero-order valence-electron chi connectivity index (χ0n) is 15.3. The fourth-order valence-electron chi connectivity index (χ4n) is 3.38. The first-order valence-electron chi connectivity index (χ1n) is 9.09. The van der Waals surface area contributed by atoms with Crippen LogP contribution in [0.5, 0.6) is 5.75 Å². The van der Waals surface area contributed by atoms with Gasteiger partial charge in [0.15, 0.2) is 6.10 Å². The molecule has 142 valence electrons. The molecule has 1 aromatic carbocycles. The first-order valence-corrected chi connectivity index (χ1v) is 9.91. The number of hydrogen-bond donors (Lipinski definition) is 2. The molecule has 0 bridgehead atoms. The molecule has 1 atom stereocenters. The normalized spacial score (nSPS) is 19.9. The van der Waals surface area contributed by atoms with E-state index in [2.05, 4.69) is 22.5 Å². The van der Waals surface area contributed by atoms with E-state index in [0.29, 0.717) is 36.1 Å². The summed E-state index contributed by atoms with van der Waals surface area (Å²) in [6.07, 6.45) is 3.25. The summed E-state index contributed by atoms with van der Waals surface area (Å²) in [5.74, 6) is 0.857. The molecule has 0 aliphatic carbocycles. The SMILES string of the molecule is Cc1cnc(C2CCN(C(=O)Nc3ccc4c(c3)NC(=O)C(C)O4)CC2)s1. The fraction of sp³-hybridized carbons (Fsp3) is 0.421. The molecule has 2 aliphatic heterocycles. The van der Waals surface area contributed by atoms with Crippen LogP contribution in [-0.2, 0) is 4.79 Å². The molecular weight excluding hydrogens is 364 g/mol. The molecule has 27 heavy (non-hydrogen) atoms. The van der Waals surface area contributed by atoms with Gasteiger partial charge in [0.1, 0.15) is 5.75 Å². The zero-order chi connectivity index (χ0) is 19.0. The van der Waals surface area contributed by atoms with Crippen molar-refractivity contribution in [2.75, 3.05) is 23.7 Å². The number of piperidine rings is 1. The molecule has 1 aromatic heterocycles. The van der Waals surface area contributed by atoms with Crippen LogP contribution in [0.15, 0.2) is 24.4 Å². The van der Waals surface area contributed by atoms with Gasteiger partial charge in [0.05, 0.1) is 10.7 Å². The number of carbonyl (C=O) groups excluding carboxylic acids is 2. The highest BCUT2D eigenvalue weighted by atomic mass is 32.1. The molecule has 7 nitrogen and oxygen atoms in total. The number of amides is 3. The summed E-state index contributed by atoms with van der Waals surface area (Å²) in [6, 6.07) is 5.15. The third-order valence-corrected chi connectivity index (χ3v) is 6.01. The minimum atomic E-state index is -0.513. The maximum absolute atomic E-state index is 12.6. The lowest BCUT2D eigenvalue weighted by atomic mass is 9.98. The van der Waals surface area contributed by atoms with Gasteiger partial charge in [0, 0.05) is 35.8 Å². The van der Waals surface area contributed by atoms with Crippen molar-refractivity contribution >= 4 is 34.6 Å². The molecule has 8 heteroatoms. The third kappa shape index (κ3) is 3.75. The van der Waals surface area contributed by atoms with Gasteiger partial charge in [-0.05, 0) is 44.9 Å². The number of carbonyl (C=O) groups is 2. The van der Waals surface area contributed by atoms with E-state index < -0.39 is 6.10 Å². The Balaban J connectivity index is 1.36. The summed E-state index contributed by atoms with van der Waals surface area (Å²) in [5.41, 5.74) is 1.21. The Labute approximate surface area is 161 Å². The van der Waals surface area contributed by atoms with Crippen molar-refractivity contribution in [3.63, 3.8) is 0 Å². The maximum atomic E-state index is 12.6. The van der Waals surface area contributed by atoms with Gasteiger partial charge >= 0.3 is 6.03 Å². The van der Waals surface area contributed by atoms with Crippen molar-refractivity contribution in [1.29, 1.82) is 0 Å². The number of anilines is 2. The van der Waals surface area contributed by atoms with E-state index in [1.165, 1.54) is 9.88 Å². The van der Waals surface area contributed by atoms with Crippen molar-refractivity contribution in [2.24, 2.45) is 0 Å². The van der Waals surface area contributed by atoms with Crippen LogP contribution in [0.4, 0.5) is 16.2 Å². The summed E-state index contributed by atoms with van der Waals surface area (Å²) < 4.78 is 5.54. The zero-order valence-corrected chi connectivity index (χ0v) is 16.1. The van der Waals surface area contributed by atoms with Crippen molar-refractivity contribution in [3.8, 4) is 5.75 Å². The fourth-order valence-corrected chi connectivity index (χ4v) is 4.32. The van der Waals surface area contributed by atoms with Crippen molar-refractivity contribution in [2.45, 2.75) is 38.7 Å². The largest absolute Gasteiger partial charge is 0.479 e. The molecular formula is C19H22N4O3S. The van der Waals surface area contributed by atoms with E-state index in [1.54, 1.807) is 36.5 Å². The van der Waals surface area contributed by atoms with Crippen LogP contribution in [-0.4, -0.2) is 41.0 Å². The molecule has 2 N–H and O–H groups in total. The number of nitrogens with zero attached hydrogens (tertiary/aromatic N) is 2.